The number of thioether (sulfide) groups is 1. The molecule has 0 saturated carbocycles. The highest BCUT2D eigenvalue weighted by Gasteiger charge is 2.24. The van der Waals surface area contributed by atoms with Crippen molar-refractivity contribution in [3.63, 3.8) is 0 Å². The fourth-order valence-electron chi connectivity index (χ4n) is 5.35. The number of fused-ring (bicyclic) bond motifs is 1. The number of benzene rings is 4. The van der Waals surface area contributed by atoms with Crippen molar-refractivity contribution < 1.29 is 19.7 Å². The lowest BCUT2D eigenvalue weighted by Gasteiger charge is -2.24. The van der Waals surface area contributed by atoms with Crippen molar-refractivity contribution >= 4 is 40.2 Å². The Balaban J connectivity index is 1.37. The van der Waals surface area contributed by atoms with Crippen molar-refractivity contribution in [2.45, 2.75) is 50.1 Å². The molecule has 5 aromatic rings. The Bertz CT molecular complexity index is 1720. The molecule has 2 N–H and O–H groups in total. The van der Waals surface area contributed by atoms with Crippen molar-refractivity contribution in [2.24, 2.45) is 0 Å². The molecule has 1 aromatic heterocycles. The van der Waals surface area contributed by atoms with Crippen molar-refractivity contribution in [3.8, 4) is 5.75 Å². The van der Waals surface area contributed by atoms with E-state index in [1.54, 1.807) is 25.6 Å². The Hall–Kier alpha value is -3.84. The minimum absolute atomic E-state index is 0.0000840. The second kappa shape index (κ2) is 14.3. The zero-order valence-electron chi connectivity index (χ0n) is 24.8. The van der Waals surface area contributed by atoms with Crippen molar-refractivity contribution in [1.29, 1.82) is 0 Å². The van der Waals surface area contributed by atoms with E-state index in [0.717, 1.165) is 57.4 Å². The molecule has 1 unspecified atom stereocenters. The average molecular weight is 626 g/mol. The summed E-state index contributed by atoms with van der Waals surface area (Å²) in [5.74, 6) is -0.322. The smallest absolute Gasteiger partial charge is 0.311 e. The molecular formula is C37H36ClNO4S. The van der Waals surface area contributed by atoms with Crippen LogP contribution in [-0.2, 0) is 23.4 Å². The van der Waals surface area contributed by atoms with E-state index >= 15 is 0 Å². The topological polar surface area (TPSA) is 79.7 Å². The van der Waals surface area contributed by atoms with Crippen LogP contribution in [0.3, 0.4) is 0 Å². The summed E-state index contributed by atoms with van der Waals surface area (Å²) in [6.45, 7) is 3.90. The van der Waals surface area contributed by atoms with E-state index in [1.807, 2.05) is 97.1 Å². The summed E-state index contributed by atoms with van der Waals surface area (Å²) in [5.41, 5.74) is 4.49. The maximum Gasteiger partial charge on any atom is 0.311 e. The lowest BCUT2D eigenvalue weighted by molar-refractivity contribution is -0.138. The summed E-state index contributed by atoms with van der Waals surface area (Å²) < 4.78 is 6.19. The highest BCUT2D eigenvalue weighted by molar-refractivity contribution is 7.99. The van der Waals surface area contributed by atoms with E-state index in [-0.39, 0.29) is 5.25 Å². The number of nitrogens with zero attached hydrogens (tertiary/aromatic N) is 1. The molecule has 2 atom stereocenters. The van der Waals surface area contributed by atoms with Crippen molar-refractivity contribution in [1.82, 2.24) is 4.98 Å². The van der Waals surface area contributed by atoms with E-state index in [0.29, 0.717) is 17.4 Å². The lowest BCUT2D eigenvalue weighted by atomic mass is 9.90. The second-order valence-corrected chi connectivity index (χ2v) is 13.1. The number of halogens is 1. The maximum atomic E-state index is 12.3. The molecule has 0 aliphatic carbocycles. The first kappa shape index (κ1) is 31.6. The highest BCUT2D eigenvalue weighted by atomic mass is 35.5. The predicted octanol–water partition coefficient (Wildman–Crippen LogP) is 8.97. The van der Waals surface area contributed by atoms with E-state index in [1.165, 1.54) is 0 Å². The van der Waals surface area contributed by atoms with Gasteiger partial charge in [-0.3, -0.25) is 4.79 Å². The quantitative estimate of drug-likeness (QED) is 0.136. The first-order valence-corrected chi connectivity index (χ1v) is 16.1. The maximum absolute atomic E-state index is 12.3. The van der Waals surface area contributed by atoms with Crippen LogP contribution in [0.15, 0.2) is 109 Å². The number of hydrogen-bond donors (Lipinski definition) is 2. The number of carbonyl (C=O) groups is 1. The van der Waals surface area contributed by atoms with E-state index < -0.39 is 17.5 Å². The molecule has 0 saturated heterocycles. The van der Waals surface area contributed by atoms with E-state index in [4.69, 9.17) is 21.3 Å². The van der Waals surface area contributed by atoms with Crippen LogP contribution >= 0.6 is 23.4 Å². The van der Waals surface area contributed by atoms with E-state index in [9.17, 15) is 15.0 Å². The summed E-state index contributed by atoms with van der Waals surface area (Å²) >= 11 is 7.81. The Morgan fingerprint density at radius 3 is 2.41 bits per heavy atom. The lowest BCUT2D eigenvalue weighted by Crippen LogP contribution is -2.18. The molecule has 1 heterocycles. The van der Waals surface area contributed by atoms with Gasteiger partial charge in [0.2, 0.25) is 0 Å². The van der Waals surface area contributed by atoms with Gasteiger partial charge in [0.25, 0.3) is 0 Å². The molecule has 0 fully saturated rings. The van der Waals surface area contributed by atoms with Gasteiger partial charge in [0, 0.05) is 21.4 Å². The molecule has 5 nitrogen and oxygen atoms in total. The van der Waals surface area contributed by atoms with Crippen LogP contribution in [0.1, 0.15) is 59.4 Å². The minimum atomic E-state index is -0.961. The third kappa shape index (κ3) is 8.20. The van der Waals surface area contributed by atoms with Crippen LogP contribution < -0.4 is 4.74 Å². The number of pyridine rings is 1. The molecule has 4 aromatic carbocycles. The highest BCUT2D eigenvalue weighted by Crippen LogP contribution is 2.39. The van der Waals surface area contributed by atoms with Gasteiger partial charge >= 0.3 is 5.97 Å². The molecule has 0 bridgehead atoms. The van der Waals surface area contributed by atoms with Crippen molar-refractivity contribution in [3.05, 3.63) is 142 Å². The predicted molar refractivity (Wildman–Crippen MR) is 180 cm³/mol. The number of carboxylic acids is 1. The van der Waals surface area contributed by atoms with Gasteiger partial charge in [-0.25, -0.2) is 4.98 Å². The summed E-state index contributed by atoms with van der Waals surface area (Å²) in [6, 6.07) is 35.0. The zero-order valence-corrected chi connectivity index (χ0v) is 26.4. The van der Waals surface area contributed by atoms with Crippen LogP contribution in [0, 0.1) is 0 Å². The molecule has 0 aliphatic heterocycles. The van der Waals surface area contributed by atoms with Gasteiger partial charge in [-0.15, -0.1) is 0 Å². The molecular weight excluding hydrogens is 590 g/mol. The fraction of sp³-hybridized carbons (Fsp3) is 0.243. The standard InChI is InChI=1S/C37H36ClNO4S/c1-37(2,42)33-14-7-6-11-26(33)17-20-35(44-24-32(36(40)41)25-9-4-3-5-10-25)28-12-8-13-31(21-28)43-23-30-19-16-27-15-18-29(38)22-34(27)39-30/h3-16,18-19,21-22,32,35,42H,17,20,23-24H2,1-2H3,(H,40,41)/t32?,35-/m0/s1. The van der Waals surface area contributed by atoms with Gasteiger partial charge in [0.15, 0.2) is 0 Å². The molecule has 44 heavy (non-hydrogen) atoms. The van der Waals surface area contributed by atoms with Gasteiger partial charge in [0.1, 0.15) is 12.4 Å². The first-order chi connectivity index (χ1) is 21.2. The molecule has 0 spiro atoms. The fourth-order valence-corrected chi connectivity index (χ4v) is 6.90. The summed E-state index contributed by atoms with van der Waals surface area (Å²) in [5, 5.41) is 22.5. The SMILES string of the molecule is CC(C)(O)c1ccccc1CC[C@H](SCC(C(=O)O)c1ccccc1)c1cccc(OCc2ccc3ccc(Cl)cc3n2)c1. The third-order valence-electron chi connectivity index (χ3n) is 7.64. The monoisotopic (exact) mass is 625 g/mol. The number of aromatic nitrogens is 1. The van der Waals surface area contributed by atoms with Crippen LogP contribution in [0.4, 0.5) is 0 Å². The number of aliphatic carboxylic acids is 1. The molecule has 7 heteroatoms. The number of hydrogen-bond acceptors (Lipinski definition) is 5. The molecule has 226 valence electrons. The van der Waals surface area contributed by atoms with Crippen LogP contribution in [0.5, 0.6) is 5.75 Å². The van der Waals surface area contributed by atoms with Gasteiger partial charge < -0.3 is 14.9 Å². The van der Waals surface area contributed by atoms with Gasteiger partial charge in [-0.2, -0.15) is 11.8 Å². The first-order valence-electron chi connectivity index (χ1n) is 14.7. The Labute approximate surface area is 267 Å². The summed E-state index contributed by atoms with van der Waals surface area (Å²) in [4.78, 5) is 17.0. The molecule has 0 amide bonds. The average Bonchev–Trinajstić information content (AvgIpc) is 3.01. The summed E-state index contributed by atoms with van der Waals surface area (Å²) in [6.07, 6.45) is 1.49. The largest absolute Gasteiger partial charge is 0.487 e. The number of aliphatic hydroxyl groups is 1. The van der Waals surface area contributed by atoms with Gasteiger partial charge in [-0.05, 0) is 79.3 Å². The van der Waals surface area contributed by atoms with Crippen LogP contribution in [0.2, 0.25) is 5.02 Å². The Morgan fingerprint density at radius 2 is 1.64 bits per heavy atom. The zero-order chi connectivity index (χ0) is 31.1. The third-order valence-corrected chi connectivity index (χ3v) is 9.32. The Kier molecular flexibility index (Phi) is 10.3. The second-order valence-electron chi connectivity index (χ2n) is 11.4. The summed E-state index contributed by atoms with van der Waals surface area (Å²) in [7, 11) is 0. The molecule has 5 rings (SSSR count). The number of aryl methyl sites for hydroxylation is 1. The molecule has 0 aliphatic rings. The van der Waals surface area contributed by atoms with Crippen LogP contribution in [0.25, 0.3) is 10.9 Å². The van der Waals surface area contributed by atoms with Crippen molar-refractivity contribution in [2.75, 3.05) is 5.75 Å². The number of rotatable bonds is 13. The number of carboxylic acid groups (broad SMARTS) is 1. The van der Waals surface area contributed by atoms with Gasteiger partial charge in [-0.1, -0.05) is 90.5 Å². The van der Waals surface area contributed by atoms with Gasteiger partial charge in [0.05, 0.1) is 22.7 Å². The van der Waals surface area contributed by atoms with E-state index in [2.05, 4.69) is 12.1 Å². The minimum Gasteiger partial charge on any atom is -0.487 e. The number of ether oxygens (including phenoxy) is 1. The van der Waals surface area contributed by atoms with Crippen LogP contribution in [-0.4, -0.2) is 26.9 Å². The molecule has 0 radical (unpaired) electrons. The normalized spacial score (nSPS) is 13.0. The Morgan fingerprint density at radius 1 is 0.909 bits per heavy atom.